The molecule has 0 radical (unpaired) electrons. The molecule has 4 nitrogen and oxygen atoms in total. The summed E-state index contributed by atoms with van der Waals surface area (Å²) in [4.78, 5) is 23.1. The average Bonchev–Trinajstić information content (AvgIpc) is 2.51. The maximum absolute atomic E-state index is 13.4. The van der Waals surface area contributed by atoms with Gasteiger partial charge in [-0.3, -0.25) is 4.79 Å². The molecule has 0 aliphatic rings. The van der Waals surface area contributed by atoms with Crippen LogP contribution in [0.15, 0.2) is 36.4 Å². The molecule has 0 heterocycles. The SMILES string of the molecule is O=C(COC(=O)c1ccc(F)cc1F)NCc1ccc(F)cc1F. The summed E-state index contributed by atoms with van der Waals surface area (Å²) in [5.41, 5.74) is -0.477. The van der Waals surface area contributed by atoms with Crippen molar-refractivity contribution in [3.63, 3.8) is 0 Å². The largest absolute Gasteiger partial charge is 0.452 e. The summed E-state index contributed by atoms with van der Waals surface area (Å²) in [6.45, 7) is -0.980. The van der Waals surface area contributed by atoms with Crippen LogP contribution in [0, 0.1) is 23.3 Å². The molecule has 0 saturated carbocycles. The summed E-state index contributed by atoms with van der Waals surface area (Å²) in [7, 11) is 0. The molecule has 126 valence electrons. The fraction of sp³-hybridized carbons (Fsp3) is 0.125. The van der Waals surface area contributed by atoms with E-state index in [4.69, 9.17) is 0 Å². The minimum Gasteiger partial charge on any atom is -0.452 e. The van der Waals surface area contributed by atoms with E-state index in [1.807, 2.05) is 0 Å². The van der Waals surface area contributed by atoms with E-state index in [9.17, 15) is 27.2 Å². The Kier molecular flexibility index (Phi) is 5.51. The Morgan fingerprint density at radius 1 is 0.917 bits per heavy atom. The molecule has 0 atom stereocenters. The van der Waals surface area contributed by atoms with Gasteiger partial charge in [0, 0.05) is 24.2 Å². The highest BCUT2D eigenvalue weighted by Crippen LogP contribution is 2.11. The third-order valence-electron chi connectivity index (χ3n) is 2.98. The van der Waals surface area contributed by atoms with Crippen LogP contribution >= 0.6 is 0 Å². The molecule has 1 N–H and O–H groups in total. The van der Waals surface area contributed by atoms with Crippen LogP contribution < -0.4 is 5.32 Å². The van der Waals surface area contributed by atoms with Crippen molar-refractivity contribution in [1.29, 1.82) is 0 Å². The molecule has 0 aliphatic carbocycles. The molecule has 2 aromatic rings. The number of carbonyl (C=O) groups is 2. The van der Waals surface area contributed by atoms with E-state index >= 15 is 0 Å². The number of amides is 1. The summed E-state index contributed by atoms with van der Waals surface area (Å²) in [6.07, 6.45) is 0. The van der Waals surface area contributed by atoms with Crippen molar-refractivity contribution in [1.82, 2.24) is 5.32 Å². The van der Waals surface area contributed by atoms with E-state index in [2.05, 4.69) is 10.1 Å². The lowest BCUT2D eigenvalue weighted by Crippen LogP contribution is -2.28. The lowest BCUT2D eigenvalue weighted by Gasteiger charge is -2.08. The smallest absolute Gasteiger partial charge is 0.341 e. The maximum atomic E-state index is 13.4. The van der Waals surface area contributed by atoms with Gasteiger partial charge in [0.25, 0.3) is 5.91 Å². The van der Waals surface area contributed by atoms with Gasteiger partial charge in [0.1, 0.15) is 23.3 Å². The molecule has 0 bridgehead atoms. The zero-order valence-electron chi connectivity index (χ0n) is 12.1. The zero-order chi connectivity index (χ0) is 17.7. The molecular formula is C16H11F4NO3. The Bertz CT molecular complexity index is 780. The number of benzene rings is 2. The van der Waals surface area contributed by atoms with Crippen LogP contribution in [0.3, 0.4) is 0 Å². The van der Waals surface area contributed by atoms with Crippen LogP contribution in [0.1, 0.15) is 15.9 Å². The second-order valence-electron chi connectivity index (χ2n) is 4.71. The van der Waals surface area contributed by atoms with Gasteiger partial charge in [-0.05, 0) is 18.2 Å². The van der Waals surface area contributed by atoms with Gasteiger partial charge in [-0.25, -0.2) is 22.4 Å². The molecule has 0 spiro atoms. The minimum absolute atomic E-state index is 0.0423. The van der Waals surface area contributed by atoms with Crippen molar-refractivity contribution in [3.8, 4) is 0 Å². The standard InChI is InChI=1S/C16H11F4NO3/c17-10-2-1-9(13(19)5-10)7-21-15(22)8-24-16(23)12-4-3-11(18)6-14(12)20/h1-6H,7-8H2,(H,21,22). The van der Waals surface area contributed by atoms with Crippen molar-refractivity contribution < 1.29 is 31.9 Å². The first-order chi connectivity index (χ1) is 11.4. The van der Waals surface area contributed by atoms with Crippen molar-refractivity contribution in [2.75, 3.05) is 6.61 Å². The van der Waals surface area contributed by atoms with Crippen molar-refractivity contribution in [3.05, 3.63) is 70.8 Å². The maximum Gasteiger partial charge on any atom is 0.341 e. The van der Waals surface area contributed by atoms with Gasteiger partial charge in [0.15, 0.2) is 6.61 Å². The van der Waals surface area contributed by atoms with Crippen LogP contribution in [0.25, 0.3) is 0 Å². The van der Waals surface area contributed by atoms with E-state index in [0.717, 1.165) is 24.3 Å². The normalized spacial score (nSPS) is 10.3. The zero-order valence-corrected chi connectivity index (χ0v) is 12.1. The summed E-state index contributed by atoms with van der Waals surface area (Å²) >= 11 is 0. The van der Waals surface area contributed by atoms with Crippen LogP contribution in [0.2, 0.25) is 0 Å². The Morgan fingerprint density at radius 2 is 1.54 bits per heavy atom. The number of hydrogen-bond donors (Lipinski definition) is 1. The van der Waals surface area contributed by atoms with E-state index in [1.54, 1.807) is 0 Å². The second-order valence-corrected chi connectivity index (χ2v) is 4.71. The van der Waals surface area contributed by atoms with Crippen LogP contribution in [-0.2, 0) is 16.1 Å². The molecule has 24 heavy (non-hydrogen) atoms. The quantitative estimate of drug-likeness (QED) is 0.672. The number of nitrogens with one attached hydrogen (secondary N) is 1. The number of rotatable bonds is 5. The highest BCUT2D eigenvalue weighted by atomic mass is 19.1. The van der Waals surface area contributed by atoms with Gasteiger partial charge in [-0.2, -0.15) is 0 Å². The molecule has 2 aromatic carbocycles. The molecule has 0 unspecified atom stereocenters. The Hall–Kier alpha value is -2.90. The highest BCUT2D eigenvalue weighted by Gasteiger charge is 2.15. The fourth-order valence-electron chi connectivity index (χ4n) is 1.77. The van der Waals surface area contributed by atoms with E-state index in [0.29, 0.717) is 12.1 Å². The molecule has 8 heteroatoms. The lowest BCUT2D eigenvalue weighted by atomic mass is 10.2. The lowest BCUT2D eigenvalue weighted by molar-refractivity contribution is -0.124. The first kappa shape index (κ1) is 17.5. The molecular weight excluding hydrogens is 330 g/mol. The molecule has 0 aliphatic heterocycles. The number of esters is 1. The van der Waals surface area contributed by atoms with E-state index in [-0.39, 0.29) is 12.1 Å². The first-order valence-electron chi connectivity index (χ1n) is 6.69. The van der Waals surface area contributed by atoms with Crippen LogP contribution in [0.4, 0.5) is 17.6 Å². The average molecular weight is 341 g/mol. The number of ether oxygens (including phenoxy) is 1. The topological polar surface area (TPSA) is 55.4 Å². The van der Waals surface area contributed by atoms with Crippen molar-refractivity contribution >= 4 is 11.9 Å². The summed E-state index contributed by atoms with van der Waals surface area (Å²) in [6, 6.07) is 5.12. The van der Waals surface area contributed by atoms with E-state index in [1.165, 1.54) is 0 Å². The van der Waals surface area contributed by atoms with Gasteiger partial charge in [0.05, 0.1) is 5.56 Å². The van der Waals surface area contributed by atoms with Crippen LogP contribution in [-0.4, -0.2) is 18.5 Å². The molecule has 1 amide bonds. The predicted molar refractivity (Wildman–Crippen MR) is 74.8 cm³/mol. The minimum atomic E-state index is -1.14. The highest BCUT2D eigenvalue weighted by molar-refractivity contribution is 5.91. The summed E-state index contributed by atoms with van der Waals surface area (Å²) in [5, 5.41) is 2.26. The summed E-state index contributed by atoms with van der Waals surface area (Å²) in [5.74, 6) is -5.47. The molecule has 0 aromatic heterocycles. The molecule has 0 saturated heterocycles. The summed E-state index contributed by atoms with van der Waals surface area (Å²) < 4.78 is 56.8. The van der Waals surface area contributed by atoms with E-state index < -0.39 is 47.3 Å². The fourth-order valence-corrected chi connectivity index (χ4v) is 1.77. The third-order valence-corrected chi connectivity index (χ3v) is 2.98. The second kappa shape index (κ2) is 7.58. The number of carbonyl (C=O) groups excluding carboxylic acids is 2. The van der Waals surface area contributed by atoms with Crippen LogP contribution in [0.5, 0.6) is 0 Å². The van der Waals surface area contributed by atoms with Gasteiger partial charge in [-0.15, -0.1) is 0 Å². The predicted octanol–water partition coefficient (Wildman–Crippen LogP) is 2.72. The van der Waals surface area contributed by atoms with Gasteiger partial charge in [0.2, 0.25) is 0 Å². The van der Waals surface area contributed by atoms with Gasteiger partial charge < -0.3 is 10.1 Å². The monoisotopic (exact) mass is 341 g/mol. The Morgan fingerprint density at radius 3 is 2.17 bits per heavy atom. The molecule has 2 rings (SSSR count). The Balaban J connectivity index is 1.85. The number of halogens is 4. The van der Waals surface area contributed by atoms with Crippen molar-refractivity contribution in [2.24, 2.45) is 0 Å². The Labute approximate surface area is 134 Å². The molecule has 0 fully saturated rings. The van der Waals surface area contributed by atoms with Crippen molar-refractivity contribution in [2.45, 2.75) is 6.54 Å². The third kappa shape index (κ3) is 4.55. The van der Waals surface area contributed by atoms with Gasteiger partial charge >= 0.3 is 5.97 Å². The number of hydrogen-bond acceptors (Lipinski definition) is 3. The van der Waals surface area contributed by atoms with Gasteiger partial charge in [-0.1, -0.05) is 6.07 Å². The first-order valence-corrected chi connectivity index (χ1v) is 6.69.